The average molecular weight is 417 g/mol. The fourth-order valence-electron chi connectivity index (χ4n) is 1.85. The van der Waals surface area contributed by atoms with E-state index in [1.54, 1.807) is 7.11 Å². The molecule has 18 heavy (non-hydrogen) atoms. The molecule has 0 N–H and O–H groups in total. The van der Waals surface area contributed by atoms with Gasteiger partial charge in [-0.1, -0.05) is 46.3 Å². The van der Waals surface area contributed by atoms with Crippen molar-refractivity contribution in [2.75, 3.05) is 7.11 Å². The Morgan fingerprint density at radius 2 is 1.78 bits per heavy atom. The lowest BCUT2D eigenvalue weighted by molar-refractivity contribution is 0.409. The first-order valence-electron chi connectivity index (χ1n) is 5.72. The van der Waals surface area contributed by atoms with Crippen LogP contribution in [0.25, 0.3) is 0 Å². The summed E-state index contributed by atoms with van der Waals surface area (Å²) in [6.45, 7) is 0. The van der Waals surface area contributed by atoms with Gasteiger partial charge in [0.05, 0.1) is 7.11 Å². The fourth-order valence-corrected chi connectivity index (χ4v) is 2.87. The molecule has 2 aromatic rings. The van der Waals surface area contributed by atoms with Crippen LogP contribution in [0.4, 0.5) is 0 Å². The molecule has 0 aliphatic heterocycles. The molecule has 2 aromatic carbocycles. The molecule has 0 aromatic heterocycles. The highest BCUT2D eigenvalue weighted by Gasteiger charge is 2.11. The molecule has 0 aliphatic rings. The summed E-state index contributed by atoms with van der Waals surface area (Å²) in [7, 11) is 1.72. The van der Waals surface area contributed by atoms with Gasteiger partial charge in [0.25, 0.3) is 0 Å². The molecule has 0 heterocycles. The van der Waals surface area contributed by atoms with E-state index in [1.807, 2.05) is 18.2 Å². The van der Waals surface area contributed by atoms with E-state index in [9.17, 15) is 0 Å². The Kier molecular flexibility index (Phi) is 5.06. The Balaban J connectivity index is 2.15. The molecule has 3 heteroatoms. The van der Waals surface area contributed by atoms with Crippen LogP contribution in [-0.4, -0.2) is 7.11 Å². The minimum Gasteiger partial charge on any atom is -0.496 e. The molecular formula is C15H14BrIO. The van der Waals surface area contributed by atoms with Crippen molar-refractivity contribution in [3.63, 3.8) is 0 Å². The first kappa shape index (κ1) is 13.9. The predicted octanol–water partition coefficient (Wildman–Crippen LogP) is 4.98. The van der Waals surface area contributed by atoms with E-state index in [4.69, 9.17) is 4.74 Å². The van der Waals surface area contributed by atoms with Gasteiger partial charge in [-0.05, 0) is 58.3 Å². The van der Waals surface area contributed by atoms with Gasteiger partial charge in [0.2, 0.25) is 0 Å². The summed E-state index contributed by atoms with van der Waals surface area (Å²) in [5.41, 5.74) is 2.52. The van der Waals surface area contributed by atoms with Crippen molar-refractivity contribution in [2.24, 2.45) is 0 Å². The van der Waals surface area contributed by atoms with E-state index in [0.717, 1.165) is 12.2 Å². The molecule has 0 spiro atoms. The third-order valence-electron chi connectivity index (χ3n) is 2.82. The van der Waals surface area contributed by atoms with E-state index in [0.29, 0.717) is 4.83 Å². The SMILES string of the molecule is COc1ccccc1CC(Br)c1ccc(I)cc1. The summed E-state index contributed by atoms with van der Waals surface area (Å²) in [6.07, 6.45) is 0.921. The topological polar surface area (TPSA) is 9.23 Å². The van der Waals surface area contributed by atoms with Crippen LogP contribution in [0, 0.1) is 3.57 Å². The van der Waals surface area contributed by atoms with Crippen LogP contribution in [-0.2, 0) is 6.42 Å². The minimum atomic E-state index is 0.311. The van der Waals surface area contributed by atoms with E-state index >= 15 is 0 Å². The van der Waals surface area contributed by atoms with Crippen molar-refractivity contribution in [1.82, 2.24) is 0 Å². The van der Waals surface area contributed by atoms with Gasteiger partial charge >= 0.3 is 0 Å². The zero-order valence-corrected chi connectivity index (χ0v) is 13.8. The Labute approximate surface area is 130 Å². The Bertz CT molecular complexity index is 510. The number of methoxy groups -OCH3 is 1. The van der Waals surface area contributed by atoms with Gasteiger partial charge in [0.1, 0.15) is 5.75 Å². The highest BCUT2D eigenvalue weighted by molar-refractivity contribution is 14.1. The van der Waals surface area contributed by atoms with Crippen LogP contribution in [0.15, 0.2) is 48.5 Å². The van der Waals surface area contributed by atoms with E-state index < -0.39 is 0 Å². The molecule has 0 amide bonds. The zero-order valence-electron chi connectivity index (χ0n) is 10.1. The van der Waals surface area contributed by atoms with Gasteiger partial charge < -0.3 is 4.74 Å². The number of hydrogen-bond acceptors (Lipinski definition) is 1. The van der Waals surface area contributed by atoms with E-state index in [2.05, 4.69) is 68.9 Å². The van der Waals surface area contributed by atoms with Gasteiger partial charge in [-0.15, -0.1) is 0 Å². The molecule has 2 rings (SSSR count). The van der Waals surface area contributed by atoms with Crippen molar-refractivity contribution >= 4 is 38.5 Å². The second-order valence-corrected chi connectivity index (χ2v) is 6.39. The zero-order chi connectivity index (χ0) is 13.0. The standard InChI is InChI=1S/C15H14BrIO/c1-18-15-5-3-2-4-12(15)10-14(16)11-6-8-13(17)9-7-11/h2-9,14H,10H2,1H3. The highest BCUT2D eigenvalue weighted by atomic mass is 127. The first-order valence-corrected chi connectivity index (χ1v) is 7.71. The number of benzene rings is 2. The van der Waals surface area contributed by atoms with Crippen molar-refractivity contribution in [2.45, 2.75) is 11.2 Å². The number of ether oxygens (including phenoxy) is 1. The summed E-state index contributed by atoms with van der Waals surface area (Å²) in [5, 5.41) is 0. The normalized spacial score (nSPS) is 12.2. The number of hydrogen-bond donors (Lipinski definition) is 0. The van der Waals surface area contributed by atoms with Crippen LogP contribution in [0.2, 0.25) is 0 Å². The summed E-state index contributed by atoms with van der Waals surface area (Å²) in [4.78, 5) is 0.311. The Morgan fingerprint density at radius 3 is 2.44 bits per heavy atom. The Hall–Kier alpha value is -0.550. The van der Waals surface area contributed by atoms with Crippen molar-refractivity contribution in [3.05, 3.63) is 63.2 Å². The number of rotatable bonds is 4. The maximum absolute atomic E-state index is 5.38. The summed E-state index contributed by atoms with van der Waals surface area (Å²) < 4.78 is 6.64. The van der Waals surface area contributed by atoms with Crippen LogP contribution >= 0.6 is 38.5 Å². The third kappa shape index (κ3) is 3.48. The smallest absolute Gasteiger partial charge is 0.122 e. The number of para-hydroxylation sites is 1. The maximum atomic E-state index is 5.38. The van der Waals surface area contributed by atoms with Gasteiger partial charge in [-0.3, -0.25) is 0 Å². The lowest BCUT2D eigenvalue weighted by Gasteiger charge is -2.13. The van der Waals surface area contributed by atoms with Crippen molar-refractivity contribution in [1.29, 1.82) is 0 Å². The van der Waals surface area contributed by atoms with Crippen LogP contribution < -0.4 is 4.74 Å². The monoisotopic (exact) mass is 416 g/mol. The molecule has 0 saturated heterocycles. The predicted molar refractivity (Wildman–Crippen MR) is 87.5 cm³/mol. The van der Waals surface area contributed by atoms with Crippen molar-refractivity contribution in [3.8, 4) is 5.75 Å². The molecular weight excluding hydrogens is 403 g/mol. The van der Waals surface area contributed by atoms with Gasteiger partial charge in [-0.2, -0.15) is 0 Å². The molecule has 94 valence electrons. The van der Waals surface area contributed by atoms with Crippen LogP contribution in [0.1, 0.15) is 16.0 Å². The molecule has 1 atom stereocenters. The molecule has 1 unspecified atom stereocenters. The maximum Gasteiger partial charge on any atom is 0.122 e. The molecule has 0 bridgehead atoms. The van der Waals surface area contributed by atoms with Crippen LogP contribution in [0.3, 0.4) is 0 Å². The lowest BCUT2D eigenvalue weighted by atomic mass is 10.0. The summed E-state index contributed by atoms with van der Waals surface area (Å²) in [5.74, 6) is 0.951. The van der Waals surface area contributed by atoms with Gasteiger partial charge in [0, 0.05) is 8.40 Å². The van der Waals surface area contributed by atoms with E-state index in [1.165, 1.54) is 14.7 Å². The van der Waals surface area contributed by atoms with Gasteiger partial charge in [-0.25, -0.2) is 0 Å². The molecule has 0 saturated carbocycles. The molecule has 0 radical (unpaired) electrons. The van der Waals surface area contributed by atoms with Crippen molar-refractivity contribution < 1.29 is 4.74 Å². The number of alkyl halides is 1. The van der Waals surface area contributed by atoms with E-state index in [-0.39, 0.29) is 0 Å². The largest absolute Gasteiger partial charge is 0.496 e. The second kappa shape index (κ2) is 6.57. The lowest BCUT2D eigenvalue weighted by Crippen LogP contribution is -1.98. The molecule has 1 nitrogen and oxygen atoms in total. The van der Waals surface area contributed by atoms with Crippen LogP contribution in [0.5, 0.6) is 5.75 Å². The molecule has 0 aliphatic carbocycles. The third-order valence-corrected chi connectivity index (χ3v) is 4.39. The summed E-state index contributed by atoms with van der Waals surface area (Å²) >= 11 is 6.07. The molecule has 0 fully saturated rings. The summed E-state index contributed by atoms with van der Waals surface area (Å²) in [6, 6.07) is 16.7. The Morgan fingerprint density at radius 1 is 1.11 bits per heavy atom. The minimum absolute atomic E-state index is 0.311. The number of halogens is 2. The van der Waals surface area contributed by atoms with Gasteiger partial charge in [0.15, 0.2) is 0 Å². The second-order valence-electron chi connectivity index (χ2n) is 4.04. The quantitative estimate of drug-likeness (QED) is 0.504. The fraction of sp³-hybridized carbons (Fsp3) is 0.200. The highest BCUT2D eigenvalue weighted by Crippen LogP contribution is 2.30. The first-order chi connectivity index (χ1) is 8.70. The average Bonchev–Trinajstić information content (AvgIpc) is 2.40.